The second-order valence-corrected chi connectivity index (χ2v) is 5.08. The first kappa shape index (κ1) is 14.7. The van der Waals surface area contributed by atoms with Crippen LogP contribution in [0.3, 0.4) is 0 Å². The average molecular weight is 274 g/mol. The molecule has 108 valence electrons. The molecule has 0 spiro atoms. The van der Waals surface area contributed by atoms with Crippen LogP contribution in [-0.2, 0) is 6.54 Å². The number of nitrogens with zero attached hydrogens (tertiary/aromatic N) is 2. The topological polar surface area (TPSA) is 51.5 Å². The minimum atomic E-state index is 0.0800. The maximum absolute atomic E-state index is 12.6. The predicted octanol–water partition coefficient (Wildman–Crippen LogP) is 1.84. The highest BCUT2D eigenvalue weighted by Crippen LogP contribution is 2.13. The van der Waals surface area contributed by atoms with Gasteiger partial charge in [0.25, 0.3) is 5.56 Å². The molecule has 20 heavy (non-hydrogen) atoms. The second kappa shape index (κ2) is 6.66. The molecule has 0 unspecified atom stereocenters. The molecular weight excluding hydrogens is 250 g/mol. The van der Waals surface area contributed by atoms with Crippen LogP contribution in [0.4, 0.5) is 0 Å². The number of para-hydroxylation sites is 1. The Balaban J connectivity index is 2.58. The summed E-state index contributed by atoms with van der Waals surface area (Å²) >= 11 is 0. The lowest BCUT2D eigenvalue weighted by Crippen LogP contribution is -2.85. The highest BCUT2D eigenvalue weighted by atomic mass is 16.1. The van der Waals surface area contributed by atoms with Gasteiger partial charge in [0.05, 0.1) is 17.4 Å². The van der Waals surface area contributed by atoms with E-state index in [4.69, 9.17) is 4.98 Å². The monoisotopic (exact) mass is 274 g/mol. The van der Waals surface area contributed by atoms with Gasteiger partial charge >= 0.3 is 0 Å². The molecule has 0 bridgehead atoms. The van der Waals surface area contributed by atoms with E-state index in [1.54, 1.807) is 0 Å². The van der Waals surface area contributed by atoms with Crippen molar-refractivity contribution < 1.29 is 5.32 Å². The zero-order chi connectivity index (χ0) is 14.5. The second-order valence-electron chi connectivity index (χ2n) is 5.08. The maximum atomic E-state index is 12.6. The van der Waals surface area contributed by atoms with E-state index in [1.807, 2.05) is 35.8 Å². The SMILES string of the molecule is CCC[NH2+][C@@H](CC)c1nc2ccccc2c(=O)n1CC. The summed E-state index contributed by atoms with van der Waals surface area (Å²) in [6.07, 6.45) is 2.10. The summed E-state index contributed by atoms with van der Waals surface area (Å²) in [5, 5.41) is 3.01. The van der Waals surface area contributed by atoms with Crippen LogP contribution in [0.15, 0.2) is 29.1 Å². The van der Waals surface area contributed by atoms with Gasteiger partial charge in [-0.2, -0.15) is 0 Å². The Morgan fingerprint density at radius 1 is 1.25 bits per heavy atom. The number of hydrogen-bond acceptors (Lipinski definition) is 2. The van der Waals surface area contributed by atoms with Crippen molar-refractivity contribution in [3.8, 4) is 0 Å². The molecule has 0 saturated heterocycles. The minimum Gasteiger partial charge on any atom is -0.338 e. The highest BCUT2D eigenvalue weighted by Gasteiger charge is 2.20. The van der Waals surface area contributed by atoms with Crippen molar-refractivity contribution >= 4 is 10.9 Å². The van der Waals surface area contributed by atoms with Crippen molar-refractivity contribution in [2.75, 3.05) is 6.54 Å². The molecule has 1 heterocycles. The molecule has 0 aliphatic heterocycles. The zero-order valence-electron chi connectivity index (χ0n) is 12.6. The summed E-state index contributed by atoms with van der Waals surface area (Å²) in [4.78, 5) is 17.3. The summed E-state index contributed by atoms with van der Waals surface area (Å²) in [5.41, 5.74) is 0.886. The molecule has 0 aliphatic rings. The van der Waals surface area contributed by atoms with E-state index in [9.17, 15) is 4.79 Å². The van der Waals surface area contributed by atoms with Crippen LogP contribution in [-0.4, -0.2) is 16.1 Å². The molecule has 2 N–H and O–H groups in total. The van der Waals surface area contributed by atoms with E-state index in [-0.39, 0.29) is 11.6 Å². The van der Waals surface area contributed by atoms with Crippen molar-refractivity contribution in [1.82, 2.24) is 9.55 Å². The molecule has 0 radical (unpaired) electrons. The number of aromatic nitrogens is 2. The Morgan fingerprint density at radius 3 is 2.65 bits per heavy atom. The van der Waals surface area contributed by atoms with Crippen LogP contribution in [0.5, 0.6) is 0 Å². The third-order valence-corrected chi connectivity index (χ3v) is 3.72. The fourth-order valence-corrected chi connectivity index (χ4v) is 2.60. The third kappa shape index (κ3) is 2.75. The Morgan fingerprint density at radius 2 is 2.00 bits per heavy atom. The van der Waals surface area contributed by atoms with Gasteiger partial charge in [0.15, 0.2) is 5.82 Å². The van der Waals surface area contributed by atoms with Crippen LogP contribution in [0.1, 0.15) is 45.5 Å². The lowest BCUT2D eigenvalue weighted by molar-refractivity contribution is -0.697. The summed E-state index contributed by atoms with van der Waals surface area (Å²) in [6.45, 7) is 8.06. The molecule has 4 heteroatoms. The standard InChI is InChI=1S/C16H23N3O/c1-4-11-17-13(5-2)15-18-14-10-8-7-9-12(14)16(20)19(15)6-3/h7-10,13,17H,4-6,11H2,1-3H3/p+1/t13-/m0/s1. The molecule has 2 rings (SSSR count). The molecule has 1 aromatic heterocycles. The van der Waals surface area contributed by atoms with Crippen molar-refractivity contribution in [2.24, 2.45) is 0 Å². The first-order chi connectivity index (χ1) is 9.72. The number of quaternary nitrogens is 1. The lowest BCUT2D eigenvalue weighted by Gasteiger charge is -2.18. The van der Waals surface area contributed by atoms with E-state index < -0.39 is 0 Å². The molecule has 1 aromatic carbocycles. The van der Waals surface area contributed by atoms with Crippen LogP contribution in [0.2, 0.25) is 0 Å². The molecule has 0 saturated carbocycles. The van der Waals surface area contributed by atoms with Crippen LogP contribution in [0.25, 0.3) is 10.9 Å². The lowest BCUT2D eigenvalue weighted by atomic mass is 10.1. The van der Waals surface area contributed by atoms with E-state index in [1.165, 1.54) is 0 Å². The Hall–Kier alpha value is -1.68. The molecule has 0 aliphatic carbocycles. The quantitative estimate of drug-likeness (QED) is 0.874. The summed E-state index contributed by atoms with van der Waals surface area (Å²) in [7, 11) is 0. The van der Waals surface area contributed by atoms with E-state index in [2.05, 4.69) is 19.2 Å². The van der Waals surface area contributed by atoms with E-state index in [0.29, 0.717) is 11.9 Å². The van der Waals surface area contributed by atoms with Crippen LogP contribution in [0, 0.1) is 0 Å². The molecule has 2 aromatic rings. The third-order valence-electron chi connectivity index (χ3n) is 3.72. The van der Waals surface area contributed by atoms with Gasteiger partial charge in [-0.05, 0) is 25.5 Å². The van der Waals surface area contributed by atoms with E-state index in [0.717, 1.165) is 30.7 Å². The van der Waals surface area contributed by atoms with Crippen molar-refractivity contribution in [3.05, 3.63) is 40.4 Å². The molecule has 4 nitrogen and oxygen atoms in total. The Labute approximate surface area is 119 Å². The number of benzene rings is 1. The normalized spacial score (nSPS) is 12.8. The first-order valence-corrected chi connectivity index (χ1v) is 7.55. The number of hydrogen-bond donors (Lipinski definition) is 1. The Kier molecular flexibility index (Phi) is 4.90. The predicted molar refractivity (Wildman–Crippen MR) is 81.8 cm³/mol. The zero-order valence-corrected chi connectivity index (χ0v) is 12.6. The largest absolute Gasteiger partial charge is 0.338 e. The van der Waals surface area contributed by atoms with Crippen LogP contribution >= 0.6 is 0 Å². The molecular formula is C16H24N3O+. The smallest absolute Gasteiger partial charge is 0.261 e. The van der Waals surface area contributed by atoms with Gasteiger partial charge in [0.1, 0.15) is 6.04 Å². The number of rotatable bonds is 6. The van der Waals surface area contributed by atoms with Gasteiger partial charge in [-0.3, -0.25) is 9.36 Å². The summed E-state index contributed by atoms with van der Waals surface area (Å²) in [5.74, 6) is 0.909. The van der Waals surface area contributed by atoms with Crippen LogP contribution < -0.4 is 10.9 Å². The maximum Gasteiger partial charge on any atom is 0.261 e. The average Bonchev–Trinajstić information content (AvgIpc) is 2.48. The summed E-state index contributed by atoms with van der Waals surface area (Å²) in [6, 6.07) is 7.87. The van der Waals surface area contributed by atoms with Crippen molar-refractivity contribution in [2.45, 2.75) is 46.2 Å². The summed E-state index contributed by atoms with van der Waals surface area (Å²) < 4.78 is 1.82. The fourth-order valence-electron chi connectivity index (χ4n) is 2.60. The van der Waals surface area contributed by atoms with Gasteiger partial charge in [0, 0.05) is 13.0 Å². The first-order valence-electron chi connectivity index (χ1n) is 7.55. The fraction of sp³-hybridized carbons (Fsp3) is 0.500. The van der Waals surface area contributed by atoms with Gasteiger partial charge in [0.2, 0.25) is 0 Å². The van der Waals surface area contributed by atoms with Crippen molar-refractivity contribution in [1.29, 1.82) is 0 Å². The van der Waals surface area contributed by atoms with Crippen molar-refractivity contribution in [3.63, 3.8) is 0 Å². The van der Waals surface area contributed by atoms with Gasteiger partial charge in [-0.25, -0.2) is 4.98 Å². The van der Waals surface area contributed by atoms with Gasteiger partial charge < -0.3 is 5.32 Å². The van der Waals surface area contributed by atoms with Gasteiger partial charge in [-0.15, -0.1) is 0 Å². The highest BCUT2D eigenvalue weighted by molar-refractivity contribution is 5.77. The van der Waals surface area contributed by atoms with E-state index >= 15 is 0 Å². The molecule has 0 amide bonds. The molecule has 1 atom stereocenters. The minimum absolute atomic E-state index is 0.0800. The van der Waals surface area contributed by atoms with Gasteiger partial charge in [-0.1, -0.05) is 26.0 Å². The number of fused-ring (bicyclic) bond motifs is 1. The molecule has 0 fully saturated rings. The number of nitrogens with two attached hydrogens (primary N) is 1. The Bertz CT molecular complexity index is 633.